The van der Waals surface area contributed by atoms with Crippen LogP contribution < -0.4 is 4.74 Å². The van der Waals surface area contributed by atoms with Gasteiger partial charge in [-0.3, -0.25) is 9.78 Å². The van der Waals surface area contributed by atoms with Crippen molar-refractivity contribution < 1.29 is 9.53 Å². The van der Waals surface area contributed by atoms with E-state index in [1.807, 2.05) is 12.1 Å². The van der Waals surface area contributed by atoms with Gasteiger partial charge in [-0.1, -0.05) is 30.3 Å². The van der Waals surface area contributed by atoms with Gasteiger partial charge in [0.05, 0.1) is 18.7 Å². The number of hydrogen-bond donors (Lipinski definition) is 0. The molecule has 2 aromatic rings. The second-order valence-electron chi connectivity index (χ2n) is 9.48. The number of benzene rings is 1. The summed E-state index contributed by atoms with van der Waals surface area (Å²) in [5.41, 5.74) is 1.34. The Bertz CT molecular complexity index is 794. The lowest BCUT2D eigenvalue weighted by atomic mass is 9.88. The molecule has 2 fully saturated rings. The van der Waals surface area contributed by atoms with Gasteiger partial charge in [-0.05, 0) is 51.1 Å². The third-order valence-corrected chi connectivity index (χ3v) is 6.85. The summed E-state index contributed by atoms with van der Waals surface area (Å²) in [6.07, 6.45) is 6.47. The summed E-state index contributed by atoms with van der Waals surface area (Å²) in [6, 6.07) is 14.9. The average molecular weight is 437 g/mol. The summed E-state index contributed by atoms with van der Waals surface area (Å²) < 4.78 is 6.04. The van der Waals surface area contributed by atoms with Crippen molar-refractivity contribution in [2.24, 2.45) is 11.8 Å². The van der Waals surface area contributed by atoms with Crippen molar-refractivity contribution in [1.29, 1.82) is 0 Å². The number of pyridine rings is 1. The van der Waals surface area contributed by atoms with Crippen LogP contribution in [0.25, 0.3) is 0 Å². The average Bonchev–Trinajstić information content (AvgIpc) is 3.33. The van der Waals surface area contributed by atoms with Gasteiger partial charge in [0.2, 0.25) is 5.91 Å². The smallest absolute Gasteiger partial charge is 0.227 e. The fourth-order valence-electron chi connectivity index (χ4n) is 4.99. The maximum atomic E-state index is 13.4. The van der Waals surface area contributed by atoms with E-state index in [-0.39, 0.29) is 5.92 Å². The molecule has 1 amide bonds. The van der Waals surface area contributed by atoms with Crippen molar-refractivity contribution in [3.8, 4) is 5.75 Å². The summed E-state index contributed by atoms with van der Waals surface area (Å²) in [7, 11) is 4.22. The van der Waals surface area contributed by atoms with Gasteiger partial charge in [0, 0.05) is 50.9 Å². The number of hydrogen-bond acceptors (Lipinski definition) is 5. The summed E-state index contributed by atoms with van der Waals surface area (Å²) in [6.45, 7) is 5.13. The minimum atomic E-state index is 0.0444. The van der Waals surface area contributed by atoms with Gasteiger partial charge >= 0.3 is 0 Å². The summed E-state index contributed by atoms with van der Waals surface area (Å²) >= 11 is 0. The van der Waals surface area contributed by atoms with E-state index in [9.17, 15) is 4.79 Å². The largest absolute Gasteiger partial charge is 0.492 e. The summed E-state index contributed by atoms with van der Waals surface area (Å²) in [5, 5.41) is 0. The van der Waals surface area contributed by atoms with Crippen molar-refractivity contribution in [2.45, 2.75) is 25.3 Å². The molecule has 1 aromatic heterocycles. The van der Waals surface area contributed by atoms with E-state index in [1.54, 1.807) is 12.4 Å². The Kier molecular flexibility index (Phi) is 7.76. The minimum Gasteiger partial charge on any atom is -0.492 e. The zero-order valence-electron chi connectivity index (χ0n) is 19.4. The van der Waals surface area contributed by atoms with Gasteiger partial charge in [-0.15, -0.1) is 0 Å². The molecule has 3 heterocycles. The number of ether oxygens (including phenoxy) is 1. The van der Waals surface area contributed by atoms with Crippen LogP contribution in [-0.2, 0) is 11.2 Å². The maximum absolute atomic E-state index is 13.4. The third kappa shape index (κ3) is 6.08. The molecule has 0 saturated carbocycles. The van der Waals surface area contributed by atoms with Gasteiger partial charge in [-0.25, -0.2) is 0 Å². The second-order valence-corrected chi connectivity index (χ2v) is 9.48. The zero-order chi connectivity index (χ0) is 22.3. The molecule has 3 atom stereocenters. The Hall–Kier alpha value is -2.44. The minimum absolute atomic E-state index is 0.0444. The summed E-state index contributed by atoms with van der Waals surface area (Å²) in [5.74, 6) is 1.50. The lowest BCUT2D eigenvalue weighted by Crippen LogP contribution is -2.49. The molecule has 6 heteroatoms. The van der Waals surface area contributed by atoms with Crippen LogP contribution in [0, 0.1) is 11.8 Å². The van der Waals surface area contributed by atoms with E-state index in [2.05, 4.69) is 64.1 Å². The first kappa shape index (κ1) is 22.7. The summed E-state index contributed by atoms with van der Waals surface area (Å²) in [4.78, 5) is 24.4. The van der Waals surface area contributed by atoms with Gasteiger partial charge < -0.3 is 19.4 Å². The van der Waals surface area contributed by atoms with E-state index in [0.717, 1.165) is 57.7 Å². The van der Waals surface area contributed by atoms with Crippen LogP contribution in [0.4, 0.5) is 0 Å². The molecule has 32 heavy (non-hydrogen) atoms. The number of piperidine rings is 1. The molecule has 0 N–H and O–H groups in total. The number of aromatic nitrogens is 1. The van der Waals surface area contributed by atoms with Gasteiger partial charge in [0.1, 0.15) is 5.75 Å². The quantitative estimate of drug-likeness (QED) is 0.637. The number of rotatable bonds is 8. The Balaban J connectivity index is 1.39. The SMILES string of the molecule is CN(C)C1CCN(C(=O)[C@@H]2C[C@H](COc3cccnc3)CN(CCc3ccccc3)C2)C1. The first-order valence-corrected chi connectivity index (χ1v) is 11.8. The molecule has 1 aromatic carbocycles. The molecule has 0 bridgehead atoms. The monoisotopic (exact) mass is 436 g/mol. The molecule has 1 unspecified atom stereocenters. The van der Waals surface area contributed by atoms with Crippen LogP contribution >= 0.6 is 0 Å². The Morgan fingerprint density at radius 2 is 1.97 bits per heavy atom. The van der Waals surface area contributed by atoms with Crippen LogP contribution in [0.15, 0.2) is 54.9 Å². The number of likely N-dealkylation sites (tertiary alicyclic amines) is 2. The van der Waals surface area contributed by atoms with Gasteiger partial charge in [-0.2, -0.15) is 0 Å². The molecule has 172 valence electrons. The highest BCUT2D eigenvalue weighted by Gasteiger charge is 2.36. The molecule has 2 saturated heterocycles. The molecule has 0 spiro atoms. The maximum Gasteiger partial charge on any atom is 0.227 e. The van der Waals surface area contributed by atoms with E-state index >= 15 is 0 Å². The van der Waals surface area contributed by atoms with Crippen LogP contribution in [-0.4, -0.2) is 85.1 Å². The topological polar surface area (TPSA) is 48.9 Å². The fraction of sp³-hybridized carbons (Fsp3) is 0.538. The molecule has 0 radical (unpaired) electrons. The van der Waals surface area contributed by atoms with Crippen molar-refractivity contribution in [3.63, 3.8) is 0 Å². The number of carbonyl (C=O) groups excluding carboxylic acids is 1. The highest BCUT2D eigenvalue weighted by atomic mass is 16.5. The predicted octanol–water partition coefficient (Wildman–Crippen LogP) is 2.80. The Morgan fingerprint density at radius 3 is 2.69 bits per heavy atom. The standard InChI is InChI=1S/C26H36N4O2/c1-28(2)24-11-14-30(19-24)26(31)23-15-22(20-32-25-9-6-12-27-16-25)17-29(18-23)13-10-21-7-4-3-5-8-21/h3-9,12,16,22-24H,10-11,13-15,17-20H2,1-2H3/t22-,23+,24?/m0/s1. The first-order valence-electron chi connectivity index (χ1n) is 11.8. The van der Waals surface area contributed by atoms with Crippen LogP contribution in [0.2, 0.25) is 0 Å². The van der Waals surface area contributed by atoms with Gasteiger partial charge in [0.25, 0.3) is 0 Å². The number of carbonyl (C=O) groups is 1. The van der Waals surface area contributed by atoms with Crippen LogP contribution in [0.1, 0.15) is 18.4 Å². The van der Waals surface area contributed by atoms with E-state index in [0.29, 0.717) is 24.5 Å². The van der Waals surface area contributed by atoms with Crippen molar-refractivity contribution in [1.82, 2.24) is 19.7 Å². The van der Waals surface area contributed by atoms with E-state index in [4.69, 9.17) is 4.74 Å². The fourth-order valence-corrected chi connectivity index (χ4v) is 4.99. The van der Waals surface area contributed by atoms with E-state index < -0.39 is 0 Å². The van der Waals surface area contributed by atoms with Crippen LogP contribution in [0.5, 0.6) is 5.75 Å². The number of nitrogens with zero attached hydrogens (tertiary/aromatic N) is 4. The molecular formula is C26H36N4O2. The van der Waals surface area contributed by atoms with Crippen molar-refractivity contribution in [3.05, 3.63) is 60.4 Å². The molecule has 2 aliphatic rings. The molecular weight excluding hydrogens is 400 g/mol. The highest BCUT2D eigenvalue weighted by Crippen LogP contribution is 2.27. The number of amides is 1. The van der Waals surface area contributed by atoms with Gasteiger partial charge in [0.15, 0.2) is 0 Å². The zero-order valence-corrected chi connectivity index (χ0v) is 19.4. The molecule has 6 nitrogen and oxygen atoms in total. The Labute approximate surface area is 192 Å². The third-order valence-electron chi connectivity index (χ3n) is 6.85. The lowest BCUT2D eigenvalue weighted by molar-refractivity contribution is -0.137. The predicted molar refractivity (Wildman–Crippen MR) is 127 cm³/mol. The first-order chi connectivity index (χ1) is 15.6. The molecule has 0 aliphatic carbocycles. The Morgan fingerprint density at radius 1 is 1.12 bits per heavy atom. The van der Waals surface area contributed by atoms with Crippen molar-refractivity contribution in [2.75, 3.05) is 53.4 Å². The second kappa shape index (κ2) is 10.9. The number of likely N-dealkylation sites (N-methyl/N-ethyl adjacent to an activating group) is 1. The normalized spacial score (nSPS) is 24.1. The highest BCUT2D eigenvalue weighted by molar-refractivity contribution is 5.79. The molecule has 2 aliphatic heterocycles. The van der Waals surface area contributed by atoms with E-state index in [1.165, 1.54) is 5.56 Å². The van der Waals surface area contributed by atoms with Crippen molar-refractivity contribution >= 4 is 5.91 Å². The lowest BCUT2D eigenvalue weighted by Gasteiger charge is -2.38. The van der Waals surface area contributed by atoms with Crippen LogP contribution in [0.3, 0.4) is 0 Å². The molecule has 4 rings (SSSR count).